The van der Waals surface area contributed by atoms with Gasteiger partial charge in [-0.3, -0.25) is 4.68 Å². The second kappa shape index (κ2) is 6.78. The topological polar surface area (TPSA) is 79.7 Å². The van der Waals surface area contributed by atoms with E-state index < -0.39 is 17.4 Å². The van der Waals surface area contributed by atoms with Crippen molar-refractivity contribution in [2.45, 2.75) is 0 Å². The van der Waals surface area contributed by atoms with E-state index in [2.05, 4.69) is 10.2 Å². The second-order valence-electron chi connectivity index (χ2n) is 5.13. The summed E-state index contributed by atoms with van der Waals surface area (Å²) in [7, 11) is 1.50. The predicted molar refractivity (Wildman–Crippen MR) is 92.2 cm³/mol. The lowest BCUT2D eigenvalue weighted by Gasteiger charge is -2.05. The summed E-state index contributed by atoms with van der Waals surface area (Å²) < 4.78 is 30.0. The molecule has 10 heteroatoms. The van der Waals surface area contributed by atoms with Crippen LogP contribution in [-0.2, 0) is 7.05 Å². The first kappa shape index (κ1) is 17.9. The van der Waals surface area contributed by atoms with Crippen LogP contribution in [0.1, 0.15) is 5.56 Å². The zero-order chi connectivity index (χ0) is 19.0. The molecule has 0 amide bonds. The van der Waals surface area contributed by atoms with Gasteiger partial charge in [0.25, 0.3) is 0 Å². The fourth-order valence-electron chi connectivity index (χ4n) is 2.32. The van der Waals surface area contributed by atoms with Gasteiger partial charge >= 0.3 is 0 Å². The maximum Gasteiger partial charge on any atom is 0.184 e. The number of aliphatic hydroxyl groups is 1. The Morgan fingerprint density at radius 2 is 1.85 bits per heavy atom. The monoisotopic (exact) mass is 395 g/mol. The van der Waals surface area contributed by atoms with Gasteiger partial charge in [0.2, 0.25) is 0 Å². The number of aromatic nitrogens is 4. The van der Waals surface area contributed by atoms with Crippen LogP contribution in [-0.4, -0.2) is 24.7 Å². The molecule has 0 spiro atoms. The fraction of sp³-hybridized carbons (Fsp3) is 0.0625. The molecule has 0 saturated carbocycles. The van der Waals surface area contributed by atoms with Gasteiger partial charge in [-0.1, -0.05) is 29.3 Å². The molecule has 1 aromatic carbocycles. The van der Waals surface area contributed by atoms with Gasteiger partial charge in [0.05, 0.1) is 16.8 Å². The molecule has 0 atom stereocenters. The molecule has 0 aliphatic rings. The van der Waals surface area contributed by atoms with Gasteiger partial charge in [0, 0.05) is 13.2 Å². The highest BCUT2D eigenvalue weighted by atomic mass is 35.5. The Morgan fingerprint density at radius 1 is 1.19 bits per heavy atom. The van der Waals surface area contributed by atoms with E-state index in [-0.39, 0.29) is 32.8 Å². The van der Waals surface area contributed by atoms with Crippen molar-refractivity contribution in [3.05, 3.63) is 58.0 Å². The van der Waals surface area contributed by atoms with Crippen LogP contribution in [0.5, 0.6) is 0 Å². The average molecular weight is 396 g/mol. The van der Waals surface area contributed by atoms with E-state index in [9.17, 15) is 19.1 Å². The van der Waals surface area contributed by atoms with Crippen molar-refractivity contribution in [2.24, 2.45) is 7.05 Å². The van der Waals surface area contributed by atoms with Crippen LogP contribution in [0.25, 0.3) is 22.7 Å². The number of hydrogen-bond donors (Lipinski definition) is 1. The number of nitriles is 1. The molecule has 0 aliphatic heterocycles. The Bertz CT molecular complexity index is 1060. The summed E-state index contributed by atoms with van der Waals surface area (Å²) in [6.07, 6.45) is 1.27. The molecule has 3 rings (SSSR count). The van der Waals surface area contributed by atoms with Gasteiger partial charge in [-0.05, 0) is 18.2 Å². The third kappa shape index (κ3) is 2.92. The summed E-state index contributed by atoms with van der Waals surface area (Å²) in [5, 5.41) is 27.5. The lowest BCUT2D eigenvalue weighted by Crippen LogP contribution is -2.01. The van der Waals surface area contributed by atoms with Crippen molar-refractivity contribution in [3.63, 3.8) is 0 Å². The highest BCUT2D eigenvalue weighted by molar-refractivity contribution is 6.36. The van der Waals surface area contributed by atoms with Gasteiger partial charge in [0.1, 0.15) is 22.9 Å². The van der Waals surface area contributed by atoms with Crippen molar-refractivity contribution < 1.29 is 13.9 Å². The van der Waals surface area contributed by atoms with Crippen molar-refractivity contribution in [2.75, 3.05) is 0 Å². The van der Waals surface area contributed by atoms with Crippen LogP contribution in [0.3, 0.4) is 0 Å². The Morgan fingerprint density at radius 3 is 2.38 bits per heavy atom. The summed E-state index contributed by atoms with van der Waals surface area (Å²) in [4.78, 5) is 0. The molecule has 26 heavy (non-hydrogen) atoms. The molecule has 0 bridgehead atoms. The van der Waals surface area contributed by atoms with E-state index in [0.29, 0.717) is 0 Å². The maximum absolute atomic E-state index is 13.9. The average Bonchev–Trinajstić information content (AvgIpc) is 3.13. The quantitative estimate of drug-likeness (QED) is 0.530. The van der Waals surface area contributed by atoms with E-state index in [1.807, 2.05) is 0 Å². The maximum atomic E-state index is 13.9. The number of allylic oxidation sites excluding steroid dienone is 1. The minimum Gasteiger partial charge on any atom is -0.504 e. The molecule has 1 N–H and O–H groups in total. The standard InChI is InChI=1S/C16H9Cl2F2N5O/c1-24-16(18)13(15(17)23-24)14(26)11(7-21)25-6-5-10(22-25)12-8(19)3-2-4-9(12)20/h2-6,26H,1H3/b14-11-. The van der Waals surface area contributed by atoms with Crippen molar-refractivity contribution in [1.29, 1.82) is 5.26 Å². The van der Waals surface area contributed by atoms with E-state index in [1.54, 1.807) is 6.07 Å². The first-order valence-electron chi connectivity index (χ1n) is 7.07. The van der Waals surface area contributed by atoms with Crippen LogP contribution >= 0.6 is 23.2 Å². The number of rotatable bonds is 3. The molecule has 3 aromatic rings. The summed E-state index contributed by atoms with van der Waals surface area (Å²) in [5.74, 6) is -2.18. The minimum absolute atomic E-state index is 0.00720. The molecular formula is C16H9Cl2F2N5O. The summed E-state index contributed by atoms with van der Waals surface area (Å²) in [5.41, 5.74) is -0.795. The van der Waals surface area contributed by atoms with E-state index >= 15 is 0 Å². The third-order valence-electron chi connectivity index (χ3n) is 3.54. The van der Waals surface area contributed by atoms with Crippen LogP contribution in [0, 0.1) is 23.0 Å². The smallest absolute Gasteiger partial charge is 0.184 e. The number of aliphatic hydroxyl groups excluding tert-OH is 1. The highest BCUT2D eigenvalue weighted by Crippen LogP contribution is 2.32. The Hall–Kier alpha value is -2.89. The van der Waals surface area contributed by atoms with Crippen LogP contribution in [0.4, 0.5) is 8.78 Å². The molecule has 2 heterocycles. The first-order chi connectivity index (χ1) is 12.3. The van der Waals surface area contributed by atoms with Gasteiger partial charge < -0.3 is 5.11 Å². The summed E-state index contributed by atoms with van der Waals surface area (Å²) in [6, 6.07) is 6.47. The van der Waals surface area contributed by atoms with Crippen LogP contribution < -0.4 is 0 Å². The first-order valence-corrected chi connectivity index (χ1v) is 7.82. The normalized spacial score (nSPS) is 12.0. The highest BCUT2D eigenvalue weighted by Gasteiger charge is 2.22. The van der Waals surface area contributed by atoms with E-state index in [4.69, 9.17) is 23.2 Å². The van der Waals surface area contributed by atoms with E-state index in [0.717, 1.165) is 16.8 Å². The molecule has 2 aromatic heterocycles. The van der Waals surface area contributed by atoms with Gasteiger partial charge in [-0.2, -0.15) is 15.5 Å². The molecule has 0 saturated heterocycles. The fourth-order valence-corrected chi connectivity index (χ4v) is 2.88. The van der Waals surface area contributed by atoms with Gasteiger partial charge in [-0.25, -0.2) is 13.5 Å². The second-order valence-corrected chi connectivity index (χ2v) is 5.85. The number of aryl methyl sites for hydroxylation is 1. The molecule has 0 radical (unpaired) electrons. The number of benzene rings is 1. The molecule has 0 unspecified atom stereocenters. The summed E-state index contributed by atoms with van der Waals surface area (Å²) >= 11 is 12.0. The number of hydrogen-bond acceptors (Lipinski definition) is 4. The van der Waals surface area contributed by atoms with Crippen molar-refractivity contribution in [3.8, 4) is 17.3 Å². The minimum atomic E-state index is -0.805. The van der Waals surface area contributed by atoms with Gasteiger partial charge in [-0.15, -0.1) is 0 Å². The zero-order valence-corrected chi connectivity index (χ0v) is 14.6. The summed E-state index contributed by atoms with van der Waals surface area (Å²) in [6.45, 7) is 0. The largest absolute Gasteiger partial charge is 0.504 e. The van der Waals surface area contributed by atoms with Gasteiger partial charge in [0.15, 0.2) is 16.6 Å². The lowest BCUT2D eigenvalue weighted by atomic mass is 10.1. The SMILES string of the molecule is Cn1nc(Cl)c(/C(O)=C(\C#N)n2ccc(-c3c(F)cccc3F)n2)c1Cl. The molecular weight excluding hydrogens is 387 g/mol. The van der Waals surface area contributed by atoms with Crippen LogP contribution in [0.15, 0.2) is 30.5 Å². The third-order valence-corrected chi connectivity index (χ3v) is 4.24. The Labute approximate surface area is 156 Å². The Balaban J connectivity index is 2.14. The number of nitrogens with zero attached hydrogens (tertiary/aromatic N) is 5. The van der Waals surface area contributed by atoms with Crippen LogP contribution in [0.2, 0.25) is 10.3 Å². The van der Waals surface area contributed by atoms with E-state index in [1.165, 1.54) is 30.1 Å². The predicted octanol–water partition coefficient (Wildman–Crippen LogP) is 4.28. The number of halogens is 4. The lowest BCUT2D eigenvalue weighted by molar-refractivity contribution is 0.510. The molecule has 132 valence electrons. The molecule has 6 nitrogen and oxygen atoms in total. The van der Waals surface area contributed by atoms with Crippen molar-refractivity contribution in [1.82, 2.24) is 19.6 Å². The molecule has 0 fully saturated rings. The zero-order valence-electron chi connectivity index (χ0n) is 13.1. The Kier molecular flexibility index (Phi) is 4.68. The molecule has 0 aliphatic carbocycles. The van der Waals surface area contributed by atoms with Crippen molar-refractivity contribution >= 4 is 34.7 Å².